The Labute approximate surface area is 335 Å². The van der Waals surface area contributed by atoms with Crippen LogP contribution in [0.2, 0.25) is 0 Å². The Morgan fingerprint density at radius 3 is 1.83 bits per heavy atom. The van der Waals surface area contributed by atoms with Gasteiger partial charge in [0.1, 0.15) is 23.7 Å². The standard InChI is InChI=1S/C42H49F2NO13/c1-27(43)38(46)54-23-4-3-7-29-8-12-31(13-9-29)41(49)58-37-21-20-35(25-36(37)42(50)56-26-30-10-16-33(17-11-30)45(51)52)57-40(48)32-14-18-34(19-15-32)53-22-5-6-24-55-39(47)28(2)44/h10-11,16-17,20-21,25,29,31-32,34H,1-9,12-15,18-19,22-24,26H2. The van der Waals surface area contributed by atoms with Gasteiger partial charge in [0.05, 0.1) is 36.1 Å². The van der Waals surface area contributed by atoms with E-state index in [9.17, 15) is 42.9 Å². The van der Waals surface area contributed by atoms with Crippen molar-refractivity contribution >= 4 is 35.5 Å². The first-order valence-electron chi connectivity index (χ1n) is 19.4. The number of ether oxygens (including phenoxy) is 6. The summed E-state index contributed by atoms with van der Waals surface area (Å²) < 4.78 is 57.8. The number of esters is 5. The predicted molar refractivity (Wildman–Crippen MR) is 203 cm³/mol. The van der Waals surface area contributed by atoms with Gasteiger partial charge in [0.25, 0.3) is 5.69 Å². The fourth-order valence-electron chi connectivity index (χ4n) is 6.78. The van der Waals surface area contributed by atoms with Crippen molar-refractivity contribution in [2.75, 3.05) is 19.8 Å². The van der Waals surface area contributed by atoms with Gasteiger partial charge in [-0.3, -0.25) is 19.7 Å². The Bertz CT molecular complexity index is 1780. The average Bonchev–Trinajstić information content (AvgIpc) is 3.21. The second-order valence-corrected chi connectivity index (χ2v) is 14.3. The smallest absolute Gasteiger partial charge is 0.366 e. The molecule has 0 unspecified atom stereocenters. The van der Waals surface area contributed by atoms with Crippen LogP contribution >= 0.6 is 0 Å². The Hall–Kier alpha value is -5.51. The predicted octanol–water partition coefficient (Wildman–Crippen LogP) is 8.15. The fraction of sp³-hybridized carbons (Fsp3) is 0.500. The first kappa shape index (κ1) is 45.2. The number of hydrogen-bond donors (Lipinski definition) is 0. The van der Waals surface area contributed by atoms with Crippen molar-refractivity contribution in [2.24, 2.45) is 17.8 Å². The number of rotatable bonds is 21. The molecule has 0 N–H and O–H groups in total. The molecule has 0 atom stereocenters. The minimum absolute atomic E-state index is 0.0485. The number of carbonyl (C=O) groups is 5. The van der Waals surface area contributed by atoms with E-state index < -0.39 is 58.3 Å². The molecule has 314 valence electrons. The maximum atomic E-state index is 13.4. The molecule has 2 aliphatic rings. The van der Waals surface area contributed by atoms with Gasteiger partial charge in [0.15, 0.2) is 0 Å². The lowest BCUT2D eigenvalue weighted by atomic mass is 9.80. The molecule has 0 aliphatic heterocycles. The molecule has 0 spiro atoms. The lowest BCUT2D eigenvalue weighted by Crippen LogP contribution is -2.29. The number of nitro groups is 1. The number of carbonyl (C=O) groups excluding carboxylic acids is 5. The summed E-state index contributed by atoms with van der Waals surface area (Å²) in [5.41, 5.74) is 0.208. The molecule has 4 rings (SSSR count). The molecule has 0 aromatic heterocycles. The van der Waals surface area contributed by atoms with E-state index in [1.807, 2.05) is 0 Å². The van der Waals surface area contributed by atoms with Crippen molar-refractivity contribution < 1.29 is 66.1 Å². The summed E-state index contributed by atoms with van der Waals surface area (Å²) >= 11 is 0. The van der Waals surface area contributed by atoms with Gasteiger partial charge >= 0.3 is 29.8 Å². The topological polar surface area (TPSA) is 184 Å². The van der Waals surface area contributed by atoms with E-state index in [-0.39, 0.29) is 48.7 Å². The zero-order valence-electron chi connectivity index (χ0n) is 32.3. The van der Waals surface area contributed by atoms with Gasteiger partial charge in [-0.05, 0) is 119 Å². The van der Waals surface area contributed by atoms with Crippen LogP contribution in [0.4, 0.5) is 14.5 Å². The first-order chi connectivity index (χ1) is 27.8. The Kier molecular flexibility index (Phi) is 17.9. The fourth-order valence-corrected chi connectivity index (χ4v) is 6.78. The first-order valence-corrected chi connectivity index (χ1v) is 19.4. The number of halogens is 2. The van der Waals surface area contributed by atoms with Gasteiger partial charge in [-0.25, -0.2) is 14.4 Å². The van der Waals surface area contributed by atoms with Crippen LogP contribution < -0.4 is 9.47 Å². The zero-order chi connectivity index (χ0) is 42.0. The average molecular weight is 814 g/mol. The molecule has 0 bridgehead atoms. The highest BCUT2D eigenvalue weighted by molar-refractivity contribution is 5.94. The largest absolute Gasteiger partial charge is 0.460 e. The third-order valence-electron chi connectivity index (χ3n) is 10.1. The molecule has 0 saturated heterocycles. The van der Waals surface area contributed by atoms with Crippen LogP contribution in [0.5, 0.6) is 11.5 Å². The summed E-state index contributed by atoms with van der Waals surface area (Å²) in [6, 6.07) is 9.56. The summed E-state index contributed by atoms with van der Waals surface area (Å²) in [7, 11) is 0. The highest BCUT2D eigenvalue weighted by atomic mass is 19.1. The summed E-state index contributed by atoms with van der Waals surface area (Å²) in [6.07, 6.45) is 8.17. The Morgan fingerprint density at radius 1 is 0.690 bits per heavy atom. The van der Waals surface area contributed by atoms with Crippen LogP contribution in [0.3, 0.4) is 0 Å². The molecule has 58 heavy (non-hydrogen) atoms. The monoisotopic (exact) mass is 813 g/mol. The molecule has 14 nitrogen and oxygen atoms in total. The molecule has 2 aromatic rings. The second-order valence-electron chi connectivity index (χ2n) is 14.3. The van der Waals surface area contributed by atoms with Crippen molar-refractivity contribution in [3.05, 3.63) is 88.5 Å². The van der Waals surface area contributed by atoms with Crippen LogP contribution in [-0.4, -0.2) is 60.7 Å². The second kappa shape index (κ2) is 23.0. The molecule has 0 radical (unpaired) electrons. The molecular formula is C42H49F2NO13. The molecular weight excluding hydrogens is 764 g/mol. The van der Waals surface area contributed by atoms with Crippen molar-refractivity contribution in [2.45, 2.75) is 96.2 Å². The van der Waals surface area contributed by atoms with Crippen LogP contribution in [0, 0.1) is 27.9 Å². The number of nitro benzene ring substituents is 1. The van der Waals surface area contributed by atoms with E-state index in [4.69, 9.17) is 28.4 Å². The number of benzene rings is 2. The van der Waals surface area contributed by atoms with Gasteiger partial charge in [-0.2, -0.15) is 8.78 Å². The van der Waals surface area contributed by atoms with Gasteiger partial charge < -0.3 is 28.4 Å². The van der Waals surface area contributed by atoms with E-state index in [1.165, 1.54) is 42.5 Å². The van der Waals surface area contributed by atoms with Crippen molar-refractivity contribution in [1.29, 1.82) is 0 Å². The van der Waals surface area contributed by atoms with Crippen molar-refractivity contribution in [3.63, 3.8) is 0 Å². The van der Waals surface area contributed by atoms with Crippen molar-refractivity contribution in [1.82, 2.24) is 0 Å². The molecule has 2 aromatic carbocycles. The lowest BCUT2D eigenvalue weighted by molar-refractivity contribution is -0.384. The molecule has 0 heterocycles. The van der Waals surface area contributed by atoms with Crippen LogP contribution in [-0.2, 0) is 44.7 Å². The van der Waals surface area contributed by atoms with Gasteiger partial charge in [-0.15, -0.1) is 0 Å². The number of nitrogens with zero attached hydrogens (tertiary/aromatic N) is 1. The third kappa shape index (κ3) is 14.8. The highest BCUT2D eigenvalue weighted by Crippen LogP contribution is 2.35. The van der Waals surface area contributed by atoms with Crippen LogP contribution in [0.1, 0.15) is 99.4 Å². The van der Waals surface area contributed by atoms with Gasteiger partial charge in [-0.1, -0.05) is 19.6 Å². The summed E-state index contributed by atoms with van der Waals surface area (Å²) in [5, 5.41) is 11.0. The maximum Gasteiger partial charge on any atom is 0.366 e. The SMILES string of the molecule is C=C(F)C(=O)OCCCCOC1CCC(C(=O)Oc2ccc(OC(=O)C3CCC(CCCCOC(=O)C(=C)F)CC3)c(C(=O)OCc3ccc([N+](=O)[O-])cc3)c2)CC1. The Balaban J connectivity index is 1.30. The summed E-state index contributed by atoms with van der Waals surface area (Å²) in [5.74, 6) is -6.79. The van der Waals surface area contributed by atoms with Gasteiger partial charge in [0, 0.05) is 18.7 Å². The summed E-state index contributed by atoms with van der Waals surface area (Å²) in [4.78, 5) is 72.8. The number of unbranched alkanes of at least 4 members (excludes halogenated alkanes) is 2. The minimum atomic E-state index is -1.14. The Morgan fingerprint density at radius 2 is 1.24 bits per heavy atom. The minimum Gasteiger partial charge on any atom is -0.460 e. The molecule has 16 heteroatoms. The van der Waals surface area contributed by atoms with Crippen LogP contribution in [0.15, 0.2) is 67.3 Å². The maximum absolute atomic E-state index is 13.4. The highest BCUT2D eigenvalue weighted by Gasteiger charge is 2.31. The van der Waals surface area contributed by atoms with Crippen LogP contribution in [0.25, 0.3) is 0 Å². The molecule has 2 fully saturated rings. The normalized spacial score (nSPS) is 18.9. The quantitative estimate of drug-likeness (QED) is 0.0224. The summed E-state index contributed by atoms with van der Waals surface area (Å²) in [6.45, 7) is 6.13. The molecule has 2 aliphatic carbocycles. The van der Waals surface area contributed by atoms with E-state index in [1.54, 1.807) is 0 Å². The lowest BCUT2D eigenvalue weighted by Gasteiger charge is -2.27. The number of non-ortho nitro benzene ring substituents is 1. The van der Waals surface area contributed by atoms with E-state index in [0.29, 0.717) is 75.9 Å². The molecule has 2 saturated carbocycles. The van der Waals surface area contributed by atoms with E-state index >= 15 is 0 Å². The number of hydrogen-bond acceptors (Lipinski definition) is 13. The van der Waals surface area contributed by atoms with Crippen molar-refractivity contribution in [3.8, 4) is 11.5 Å². The van der Waals surface area contributed by atoms with E-state index in [2.05, 4.69) is 13.2 Å². The third-order valence-corrected chi connectivity index (χ3v) is 10.1. The van der Waals surface area contributed by atoms with Gasteiger partial charge in [0.2, 0.25) is 11.7 Å². The van der Waals surface area contributed by atoms with E-state index in [0.717, 1.165) is 25.7 Å². The molecule has 0 amide bonds. The zero-order valence-corrected chi connectivity index (χ0v) is 32.3.